The van der Waals surface area contributed by atoms with Crippen LogP contribution in [0, 0.1) is 6.92 Å². The quantitative estimate of drug-likeness (QED) is 0.902. The summed E-state index contributed by atoms with van der Waals surface area (Å²) in [7, 11) is 1.67. The van der Waals surface area contributed by atoms with Crippen LogP contribution in [0.1, 0.15) is 34.3 Å². The van der Waals surface area contributed by atoms with Gasteiger partial charge in [-0.3, -0.25) is 0 Å². The van der Waals surface area contributed by atoms with Crippen molar-refractivity contribution in [2.45, 2.75) is 32.2 Å². The number of carbonyl (C=O) groups excluding carboxylic acids is 1. The lowest BCUT2D eigenvalue weighted by atomic mass is 10.0. The number of aryl methyl sites for hydroxylation is 1. The van der Waals surface area contributed by atoms with Crippen LogP contribution in [0.15, 0.2) is 30.5 Å². The fourth-order valence-corrected chi connectivity index (χ4v) is 3.89. The molecule has 1 aliphatic heterocycles. The van der Waals surface area contributed by atoms with Crippen LogP contribution in [0.25, 0.3) is 0 Å². The standard InChI is InChI=1S/C18H23N3O2S/c1-13-12-20-17(24-13)8-9-19-18(22)21-10-4-7-16(21)14-5-3-6-15(11-14)23-2/h3,5-6,11-12,16H,4,7-10H2,1-2H3,(H,19,22)/t16-/m0/s1. The number of nitrogens with zero attached hydrogens (tertiary/aromatic N) is 2. The molecule has 6 heteroatoms. The van der Waals surface area contributed by atoms with E-state index in [9.17, 15) is 4.79 Å². The third-order valence-electron chi connectivity index (χ3n) is 4.28. The Kier molecular flexibility index (Phi) is 5.35. The zero-order chi connectivity index (χ0) is 16.9. The topological polar surface area (TPSA) is 54.5 Å². The fourth-order valence-electron chi connectivity index (χ4n) is 3.10. The van der Waals surface area contributed by atoms with Crippen LogP contribution in [0.5, 0.6) is 5.75 Å². The van der Waals surface area contributed by atoms with Gasteiger partial charge >= 0.3 is 6.03 Å². The van der Waals surface area contributed by atoms with Gasteiger partial charge in [-0.25, -0.2) is 9.78 Å². The molecule has 2 aromatic rings. The van der Waals surface area contributed by atoms with E-state index in [2.05, 4.69) is 16.4 Å². The molecule has 1 aliphatic rings. The summed E-state index contributed by atoms with van der Waals surface area (Å²) in [4.78, 5) is 20.0. The minimum atomic E-state index is 0.00796. The molecule has 24 heavy (non-hydrogen) atoms. The van der Waals surface area contributed by atoms with Gasteiger partial charge in [0, 0.05) is 30.6 Å². The number of methoxy groups -OCH3 is 1. The summed E-state index contributed by atoms with van der Waals surface area (Å²) < 4.78 is 5.30. The highest BCUT2D eigenvalue weighted by atomic mass is 32.1. The van der Waals surface area contributed by atoms with Gasteiger partial charge in [0.1, 0.15) is 5.75 Å². The van der Waals surface area contributed by atoms with Gasteiger partial charge in [-0.15, -0.1) is 11.3 Å². The number of hydrogen-bond donors (Lipinski definition) is 1. The first kappa shape index (κ1) is 16.8. The van der Waals surface area contributed by atoms with Crippen molar-refractivity contribution >= 4 is 17.4 Å². The predicted molar refractivity (Wildman–Crippen MR) is 95.6 cm³/mol. The highest BCUT2D eigenvalue weighted by molar-refractivity contribution is 7.11. The van der Waals surface area contributed by atoms with E-state index in [1.807, 2.05) is 36.2 Å². The first-order chi connectivity index (χ1) is 11.7. The molecule has 1 atom stereocenters. The molecule has 0 spiro atoms. The van der Waals surface area contributed by atoms with Gasteiger partial charge in [0.15, 0.2) is 0 Å². The fraction of sp³-hybridized carbons (Fsp3) is 0.444. The number of ether oxygens (including phenoxy) is 1. The Morgan fingerprint density at radius 1 is 1.50 bits per heavy atom. The average Bonchev–Trinajstić information content (AvgIpc) is 3.24. The van der Waals surface area contributed by atoms with E-state index in [4.69, 9.17) is 4.74 Å². The second kappa shape index (κ2) is 7.66. The van der Waals surface area contributed by atoms with Crippen LogP contribution in [0.3, 0.4) is 0 Å². The largest absolute Gasteiger partial charge is 0.497 e. The lowest BCUT2D eigenvalue weighted by molar-refractivity contribution is 0.193. The number of thiazole rings is 1. The Morgan fingerprint density at radius 3 is 3.12 bits per heavy atom. The number of hydrogen-bond acceptors (Lipinski definition) is 4. The van der Waals surface area contributed by atoms with E-state index in [-0.39, 0.29) is 12.1 Å². The van der Waals surface area contributed by atoms with Crippen molar-refractivity contribution in [3.8, 4) is 5.75 Å². The van der Waals surface area contributed by atoms with E-state index >= 15 is 0 Å². The minimum Gasteiger partial charge on any atom is -0.497 e. The van der Waals surface area contributed by atoms with Gasteiger partial charge in [0.05, 0.1) is 18.2 Å². The molecular weight excluding hydrogens is 322 g/mol. The molecule has 1 N–H and O–H groups in total. The molecule has 5 nitrogen and oxygen atoms in total. The number of rotatable bonds is 5. The summed E-state index contributed by atoms with van der Waals surface area (Å²) in [6.45, 7) is 3.46. The van der Waals surface area contributed by atoms with Gasteiger partial charge in [-0.2, -0.15) is 0 Å². The Labute approximate surface area is 146 Å². The van der Waals surface area contributed by atoms with Gasteiger partial charge in [-0.1, -0.05) is 12.1 Å². The Morgan fingerprint density at radius 2 is 2.38 bits per heavy atom. The molecule has 0 saturated carbocycles. The number of amides is 2. The summed E-state index contributed by atoms with van der Waals surface area (Å²) in [5, 5.41) is 4.10. The van der Waals surface area contributed by atoms with E-state index in [1.54, 1.807) is 18.4 Å². The number of nitrogens with one attached hydrogen (secondary N) is 1. The first-order valence-electron chi connectivity index (χ1n) is 8.27. The molecule has 1 aromatic heterocycles. The van der Waals surface area contributed by atoms with Crippen molar-refractivity contribution in [3.05, 3.63) is 45.9 Å². The van der Waals surface area contributed by atoms with Gasteiger partial charge in [0.2, 0.25) is 0 Å². The van der Waals surface area contributed by atoms with Crippen LogP contribution in [-0.4, -0.2) is 36.1 Å². The van der Waals surface area contributed by atoms with Crippen LogP contribution in [0.4, 0.5) is 4.79 Å². The zero-order valence-corrected chi connectivity index (χ0v) is 14.9. The molecule has 2 amide bonds. The number of aromatic nitrogens is 1. The maximum absolute atomic E-state index is 12.5. The van der Waals surface area contributed by atoms with Crippen LogP contribution >= 0.6 is 11.3 Å². The monoisotopic (exact) mass is 345 g/mol. The van der Waals surface area contributed by atoms with E-state index < -0.39 is 0 Å². The molecule has 0 bridgehead atoms. The van der Waals surface area contributed by atoms with Crippen LogP contribution < -0.4 is 10.1 Å². The van der Waals surface area contributed by atoms with Crippen molar-refractivity contribution in [2.75, 3.05) is 20.2 Å². The van der Waals surface area contributed by atoms with Crippen LogP contribution in [0.2, 0.25) is 0 Å². The van der Waals surface area contributed by atoms with Crippen molar-refractivity contribution in [1.82, 2.24) is 15.2 Å². The average molecular weight is 345 g/mol. The van der Waals surface area contributed by atoms with Gasteiger partial charge in [-0.05, 0) is 37.5 Å². The SMILES string of the molecule is COc1cccc([C@@H]2CCCN2C(=O)NCCc2ncc(C)s2)c1. The molecule has 0 unspecified atom stereocenters. The van der Waals surface area contributed by atoms with Crippen molar-refractivity contribution in [1.29, 1.82) is 0 Å². The molecule has 1 fully saturated rings. The highest BCUT2D eigenvalue weighted by Crippen LogP contribution is 2.33. The number of urea groups is 1. The third kappa shape index (κ3) is 3.87. The van der Waals surface area contributed by atoms with E-state index in [0.717, 1.165) is 42.1 Å². The summed E-state index contributed by atoms with van der Waals surface area (Å²) in [5.74, 6) is 0.832. The Hall–Kier alpha value is -2.08. The molecule has 0 radical (unpaired) electrons. The number of likely N-dealkylation sites (tertiary alicyclic amines) is 1. The molecule has 3 rings (SSSR count). The molecule has 128 valence electrons. The summed E-state index contributed by atoms with van der Waals surface area (Å²) >= 11 is 1.68. The highest BCUT2D eigenvalue weighted by Gasteiger charge is 2.29. The Bertz CT molecular complexity index is 701. The molecular formula is C18H23N3O2S. The van der Waals surface area contributed by atoms with Crippen molar-refractivity contribution in [3.63, 3.8) is 0 Å². The smallest absolute Gasteiger partial charge is 0.317 e. The summed E-state index contributed by atoms with van der Waals surface area (Å²) in [6, 6.07) is 8.13. The predicted octanol–water partition coefficient (Wildman–Crippen LogP) is 3.55. The number of benzene rings is 1. The lowest BCUT2D eigenvalue weighted by Gasteiger charge is -2.25. The maximum atomic E-state index is 12.5. The van der Waals surface area contributed by atoms with Gasteiger partial charge < -0.3 is 15.0 Å². The second-order valence-electron chi connectivity index (χ2n) is 5.97. The zero-order valence-electron chi connectivity index (χ0n) is 14.1. The summed E-state index contributed by atoms with van der Waals surface area (Å²) in [5.41, 5.74) is 1.14. The molecule has 2 heterocycles. The minimum absolute atomic E-state index is 0.00796. The first-order valence-corrected chi connectivity index (χ1v) is 9.09. The van der Waals surface area contributed by atoms with Crippen molar-refractivity contribution in [2.24, 2.45) is 0 Å². The second-order valence-corrected chi connectivity index (χ2v) is 7.29. The maximum Gasteiger partial charge on any atom is 0.317 e. The van der Waals surface area contributed by atoms with E-state index in [0.29, 0.717) is 6.54 Å². The van der Waals surface area contributed by atoms with Crippen LogP contribution in [-0.2, 0) is 6.42 Å². The molecule has 1 saturated heterocycles. The normalized spacial score (nSPS) is 17.1. The lowest BCUT2D eigenvalue weighted by Crippen LogP contribution is -2.40. The van der Waals surface area contributed by atoms with Crippen molar-refractivity contribution < 1.29 is 9.53 Å². The number of carbonyl (C=O) groups is 1. The third-order valence-corrected chi connectivity index (χ3v) is 5.25. The van der Waals surface area contributed by atoms with Gasteiger partial charge in [0.25, 0.3) is 0 Å². The Balaban J connectivity index is 1.58. The summed E-state index contributed by atoms with van der Waals surface area (Å²) in [6.07, 6.45) is 4.68. The molecule has 1 aromatic carbocycles. The molecule has 0 aliphatic carbocycles. The van der Waals surface area contributed by atoms with E-state index in [1.165, 1.54) is 4.88 Å².